The molecule has 3 aromatic rings. The predicted octanol–water partition coefficient (Wildman–Crippen LogP) is 6.72. The highest BCUT2D eigenvalue weighted by atomic mass is 32.1. The van der Waals surface area contributed by atoms with Crippen LogP contribution in [0.3, 0.4) is 0 Å². The Morgan fingerprint density at radius 2 is 1.70 bits per heavy atom. The number of rotatable bonds is 7. The highest BCUT2D eigenvalue weighted by Gasteiger charge is 2.32. The number of nitrogens with zero attached hydrogens (tertiary/aromatic N) is 1. The molecule has 0 aliphatic rings. The fourth-order valence-corrected chi connectivity index (χ4v) is 4.69. The molecule has 0 aliphatic carbocycles. The molecular formula is C24H29NO4S. The van der Waals surface area contributed by atoms with Crippen molar-refractivity contribution in [3.8, 4) is 11.5 Å². The maximum atomic E-state index is 11.8. The molecule has 0 saturated carbocycles. The standard InChI is InChI=1S/C24H29NO4S/c1-6-28-19-9-11-20(12-10-19)29-15-17-7-8-18-14-21(30-22(18)13-17)16(2)25(23(26)27)24(3,4)5/h7-14,16H,6,15H2,1-5H3,(H,26,27). The predicted molar refractivity (Wildman–Crippen MR) is 122 cm³/mol. The molecule has 6 heteroatoms. The van der Waals surface area contributed by atoms with Gasteiger partial charge >= 0.3 is 6.09 Å². The number of thiophene rings is 1. The Kier molecular flexibility index (Phi) is 6.56. The van der Waals surface area contributed by atoms with Gasteiger partial charge < -0.3 is 14.6 Å². The second-order valence-corrected chi connectivity index (χ2v) is 9.33. The monoisotopic (exact) mass is 427 g/mol. The van der Waals surface area contributed by atoms with E-state index in [-0.39, 0.29) is 6.04 Å². The molecule has 1 amide bonds. The molecule has 0 spiro atoms. The Bertz CT molecular complexity index is 1000. The van der Waals surface area contributed by atoms with E-state index in [1.54, 1.807) is 11.3 Å². The van der Waals surface area contributed by atoms with Crippen LogP contribution in [-0.2, 0) is 6.61 Å². The Morgan fingerprint density at radius 1 is 1.07 bits per heavy atom. The van der Waals surface area contributed by atoms with Crippen molar-refractivity contribution in [1.29, 1.82) is 0 Å². The third-order valence-electron chi connectivity index (χ3n) is 4.87. The first-order valence-corrected chi connectivity index (χ1v) is 10.9. The van der Waals surface area contributed by atoms with E-state index in [2.05, 4.69) is 24.3 Å². The fraction of sp³-hybridized carbons (Fsp3) is 0.375. The van der Waals surface area contributed by atoms with Gasteiger partial charge in [0.1, 0.15) is 18.1 Å². The second-order valence-electron chi connectivity index (χ2n) is 8.21. The molecular weight excluding hydrogens is 398 g/mol. The molecule has 1 unspecified atom stereocenters. The lowest BCUT2D eigenvalue weighted by Crippen LogP contribution is -2.46. The molecule has 1 heterocycles. The molecule has 0 fully saturated rings. The van der Waals surface area contributed by atoms with E-state index in [0.29, 0.717) is 13.2 Å². The van der Waals surface area contributed by atoms with Gasteiger partial charge in [-0.3, -0.25) is 4.90 Å². The van der Waals surface area contributed by atoms with Crippen molar-refractivity contribution in [2.75, 3.05) is 6.61 Å². The Hall–Kier alpha value is -2.73. The van der Waals surface area contributed by atoms with Crippen LogP contribution in [0.4, 0.5) is 4.79 Å². The van der Waals surface area contributed by atoms with Crippen LogP contribution in [0.5, 0.6) is 11.5 Å². The zero-order valence-electron chi connectivity index (χ0n) is 18.1. The minimum atomic E-state index is -0.906. The van der Waals surface area contributed by atoms with Crippen LogP contribution in [-0.4, -0.2) is 28.2 Å². The van der Waals surface area contributed by atoms with Crippen molar-refractivity contribution >= 4 is 27.5 Å². The minimum Gasteiger partial charge on any atom is -0.494 e. The summed E-state index contributed by atoms with van der Waals surface area (Å²) < 4.78 is 12.5. The summed E-state index contributed by atoms with van der Waals surface area (Å²) in [7, 11) is 0. The molecule has 0 bridgehead atoms. The van der Waals surface area contributed by atoms with E-state index in [4.69, 9.17) is 9.47 Å². The normalized spacial score (nSPS) is 12.6. The molecule has 30 heavy (non-hydrogen) atoms. The smallest absolute Gasteiger partial charge is 0.408 e. The van der Waals surface area contributed by atoms with Gasteiger partial charge in [-0.05, 0) is 82.0 Å². The lowest BCUT2D eigenvalue weighted by Gasteiger charge is -2.37. The van der Waals surface area contributed by atoms with E-state index in [1.165, 1.54) is 4.90 Å². The van der Waals surface area contributed by atoms with E-state index < -0.39 is 11.6 Å². The van der Waals surface area contributed by atoms with Gasteiger partial charge in [0.05, 0.1) is 12.6 Å². The third kappa shape index (κ3) is 5.05. The zero-order chi connectivity index (χ0) is 21.9. The number of carboxylic acid groups (broad SMARTS) is 1. The minimum absolute atomic E-state index is 0.219. The van der Waals surface area contributed by atoms with Crippen molar-refractivity contribution < 1.29 is 19.4 Å². The van der Waals surface area contributed by atoms with E-state index in [0.717, 1.165) is 32.0 Å². The van der Waals surface area contributed by atoms with Crippen molar-refractivity contribution in [2.45, 2.75) is 52.8 Å². The van der Waals surface area contributed by atoms with Crippen LogP contribution in [0.1, 0.15) is 51.1 Å². The Balaban J connectivity index is 1.74. The number of amides is 1. The number of ether oxygens (including phenoxy) is 2. The van der Waals surface area contributed by atoms with Gasteiger partial charge in [0, 0.05) is 15.1 Å². The Labute approximate surface area is 181 Å². The number of benzene rings is 2. The van der Waals surface area contributed by atoms with Crippen molar-refractivity contribution in [1.82, 2.24) is 4.90 Å². The molecule has 0 radical (unpaired) electrons. The van der Waals surface area contributed by atoms with E-state index >= 15 is 0 Å². The summed E-state index contributed by atoms with van der Waals surface area (Å²) >= 11 is 1.63. The van der Waals surface area contributed by atoms with Gasteiger partial charge in [-0.25, -0.2) is 4.79 Å². The van der Waals surface area contributed by atoms with Crippen molar-refractivity contribution in [2.24, 2.45) is 0 Å². The van der Waals surface area contributed by atoms with Crippen LogP contribution in [0.15, 0.2) is 48.5 Å². The van der Waals surface area contributed by atoms with Gasteiger partial charge in [-0.1, -0.05) is 12.1 Å². The topological polar surface area (TPSA) is 59.0 Å². The van der Waals surface area contributed by atoms with Crippen LogP contribution in [0.25, 0.3) is 10.1 Å². The van der Waals surface area contributed by atoms with Crippen LogP contribution in [0.2, 0.25) is 0 Å². The van der Waals surface area contributed by atoms with Crippen LogP contribution >= 0.6 is 11.3 Å². The Morgan fingerprint density at radius 3 is 2.27 bits per heavy atom. The third-order valence-corrected chi connectivity index (χ3v) is 6.14. The summed E-state index contributed by atoms with van der Waals surface area (Å²) in [6.07, 6.45) is -0.906. The first-order chi connectivity index (χ1) is 14.2. The largest absolute Gasteiger partial charge is 0.494 e. The number of hydrogen-bond donors (Lipinski definition) is 1. The van der Waals surface area contributed by atoms with Crippen molar-refractivity contribution in [3.05, 3.63) is 59.0 Å². The van der Waals surface area contributed by atoms with Gasteiger partial charge in [0.2, 0.25) is 0 Å². The first kappa shape index (κ1) is 22.0. The quantitative estimate of drug-likeness (QED) is 0.455. The first-order valence-electron chi connectivity index (χ1n) is 10.1. The fourth-order valence-electron chi connectivity index (χ4n) is 3.52. The van der Waals surface area contributed by atoms with Crippen LogP contribution in [0, 0.1) is 0 Å². The highest BCUT2D eigenvalue weighted by Crippen LogP contribution is 2.36. The summed E-state index contributed by atoms with van der Waals surface area (Å²) in [6, 6.07) is 15.7. The second kappa shape index (κ2) is 8.96. The maximum absolute atomic E-state index is 11.8. The van der Waals surface area contributed by atoms with Gasteiger partial charge in [0.15, 0.2) is 0 Å². The van der Waals surface area contributed by atoms with E-state index in [1.807, 2.05) is 58.9 Å². The SMILES string of the molecule is CCOc1ccc(OCc2ccc3cc(C(C)N(C(=O)O)C(C)(C)C)sc3c2)cc1. The maximum Gasteiger partial charge on any atom is 0.408 e. The molecule has 160 valence electrons. The molecule has 3 rings (SSSR count). The van der Waals surface area contributed by atoms with Crippen LogP contribution < -0.4 is 9.47 Å². The molecule has 1 aromatic heterocycles. The summed E-state index contributed by atoms with van der Waals surface area (Å²) in [5, 5.41) is 10.8. The summed E-state index contributed by atoms with van der Waals surface area (Å²) in [5.41, 5.74) is 0.598. The van der Waals surface area contributed by atoms with E-state index in [9.17, 15) is 9.90 Å². The molecule has 1 atom stereocenters. The number of fused-ring (bicyclic) bond motifs is 1. The summed E-state index contributed by atoms with van der Waals surface area (Å²) in [6.45, 7) is 10.8. The zero-order valence-corrected chi connectivity index (χ0v) is 19.0. The lowest BCUT2D eigenvalue weighted by atomic mass is 10.0. The van der Waals surface area contributed by atoms with Crippen molar-refractivity contribution in [3.63, 3.8) is 0 Å². The molecule has 2 aromatic carbocycles. The average molecular weight is 428 g/mol. The highest BCUT2D eigenvalue weighted by molar-refractivity contribution is 7.19. The van der Waals surface area contributed by atoms with Gasteiger partial charge in [-0.15, -0.1) is 11.3 Å². The lowest BCUT2D eigenvalue weighted by molar-refractivity contribution is 0.0763. The van der Waals surface area contributed by atoms with Gasteiger partial charge in [-0.2, -0.15) is 0 Å². The molecule has 1 N–H and O–H groups in total. The van der Waals surface area contributed by atoms with Gasteiger partial charge in [0.25, 0.3) is 0 Å². The molecule has 0 aliphatic heterocycles. The average Bonchev–Trinajstić information content (AvgIpc) is 3.10. The summed E-state index contributed by atoms with van der Waals surface area (Å²) in [4.78, 5) is 14.4. The molecule has 5 nitrogen and oxygen atoms in total. The number of hydrogen-bond acceptors (Lipinski definition) is 4. The molecule has 0 saturated heterocycles. The summed E-state index contributed by atoms with van der Waals surface area (Å²) in [5.74, 6) is 1.62. The number of carbonyl (C=O) groups is 1.